The van der Waals surface area contributed by atoms with Crippen LogP contribution in [-0.2, 0) is 0 Å². The minimum atomic E-state index is -1.05. The normalized spacial score (nSPS) is 9.95. The molecular weight excluding hydrogens is 269 g/mol. The first-order valence-electron chi connectivity index (χ1n) is 5.26. The van der Waals surface area contributed by atoms with Crippen molar-refractivity contribution in [2.75, 3.05) is 0 Å². The summed E-state index contributed by atoms with van der Waals surface area (Å²) >= 11 is 5.72. The molecule has 0 saturated heterocycles. The van der Waals surface area contributed by atoms with Crippen molar-refractivity contribution in [1.82, 2.24) is 0 Å². The molecule has 5 heteroatoms. The van der Waals surface area contributed by atoms with Crippen LogP contribution in [0, 0.1) is 17.1 Å². The van der Waals surface area contributed by atoms with Crippen LogP contribution in [-0.4, -0.2) is 11.1 Å². The average Bonchev–Trinajstić information content (AvgIpc) is 2.39. The number of rotatable bonds is 2. The van der Waals surface area contributed by atoms with Gasteiger partial charge in [0.25, 0.3) is 0 Å². The molecule has 2 rings (SSSR count). The highest BCUT2D eigenvalue weighted by Gasteiger charge is 2.13. The predicted octanol–water partition coefficient (Wildman–Crippen LogP) is 3.72. The van der Waals surface area contributed by atoms with Crippen molar-refractivity contribution >= 4 is 17.6 Å². The Kier molecular flexibility index (Phi) is 3.50. The van der Waals surface area contributed by atoms with Gasteiger partial charge in [0, 0.05) is 5.56 Å². The highest BCUT2D eigenvalue weighted by molar-refractivity contribution is 6.31. The molecule has 2 aromatic rings. The zero-order valence-electron chi connectivity index (χ0n) is 9.52. The zero-order chi connectivity index (χ0) is 14.0. The molecule has 0 spiro atoms. The quantitative estimate of drug-likeness (QED) is 0.909. The molecule has 0 unspecified atom stereocenters. The van der Waals surface area contributed by atoms with Crippen LogP contribution in [0.25, 0.3) is 11.1 Å². The molecule has 0 radical (unpaired) electrons. The van der Waals surface area contributed by atoms with E-state index < -0.39 is 11.8 Å². The highest BCUT2D eigenvalue weighted by Crippen LogP contribution is 2.29. The van der Waals surface area contributed by atoms with Crippen LogP contribution in [0.1, 0.15) is 15.9 Å². The van der Waals surface area contributed by atoms with Gasteiger partial charge < -0.3 is 5.11 Å². The average molecular weight is 276 g/mol. The van der Waals surface area contributed by atoms with Crippen molar-refractivity contribution in [2.45, 2.75) is 0 Å². The van der Waals surface area contributed by atoms with E-state index in [2.05, 4.69) is 0 Å². The Balaban J connectivity index is 2.54. The van der Waals surface area contributed by atoms with Gasteiger partial charge in [-0.2, -0.15) is 5.26 Å². The summed E-state index contributed by atoms with van der Waals surface area (Å²) in [7, 11) is 0. The highest BCUT2D eigenvalue weighted by atomic mass is 35.5. The van der Waals surface area contributed by atoms with E-state index in [1.807, 2.05) is 0 Å². The van der Waals surface area contributed by atoms with Crippen LogP contribution in [0.4, 0.5) is 4.39 Å². The number of carbonyl (C=O) groups is 1. The van der Waals surface area contributed by atoms with E-state index in [4.69, 9.17) is 22.0 Å². The van der Waals surface area contributed by atoms with Crippen LogP contribution in [0.2, 0.25) is 5.02 Å². The summed E-state index contributed by atoms with van der Waals surface area (Å²) in [5.74, 6) is -1.76. The first kappa shape index (κ1) is 13.1. The van der Waals surface area contributed by atoms with Crippen molar-refractivity contribution in [1.29, 1.82) is 5.26 Å². The number of halogens is 2. The van der Waals surface area contributed by atoms with Crippen molar-refractivity contribution in [3.05, 3.63) is 58.4 Å². The minimum Gasteiger partial charge on any atom is -0.478 e. The van der Waals surface area contributed by atoms with Gasteiger partial charge in [-0.25, -0.2) is 9.18 Å². The van der Waals surface area contributed by atoms with Gasteiger partial charge in [0.2, 0.25) is 0 Å². The van der Waals surface area contributed by atoms with Crippen LogP contribution >= 0.6 is 11.6 Å². The third-order valence-electron chi connectivity index (χ3n) is 2.65. The Bertz CT molecular complexity index is 690. The molecule has 0 aliphatic heterocycles. The number of carboxylic acid groups (broad SMARTS) is 1. The van der Waals surface area contributed by atoms with Crippen LogP contribution in [0.15, 0.2) is 36.4 Å². The number of nitriles is 1. The molecule has 0 saturated carbocycles. The maximum atomic E-state index is 14.1. The third-order valence-corrected chi connectivity index (χ3v) is 2.96. The van der Waals surface area contributed by atoms with Crippen molar-refractivity contribution in [3.63, 3.8) is 0 Å². The Morgan fingerprint density at radius 2 is 1.84 bits per heavy atom. The van der Waals surface area contributed by atoms with E-state index in [9.17, 15) is 9.18 Å². The number of hydrogen-bond acceptors (Lipinski definition) is 2. The molecule has 0 bridgehead atoms. The van der Waals surface area contributed by atoms with Crippen molar-refractivity contribution < 1.29 is 14.3 Å². The number of benzene rings is 2. The summed E-state index contributed by atoms with van der Waals surface area (Å²) in [5.41, 5.74) is 0.577. The fourth-order valence-corrected chi connectivity index (χ4v) is 1.86. The summed E-state index contributed by atoms with van der Waals surface area (Å²) < 4.78 is 14.1. The topological polar surface area (TPSA) is 61.1 Å². The fourth-order valence-electron chi connectivity index (χ4n) is 1.67. The lowest BCUT2D eigenvalue weighted by Gasteiger charge is -2.06. The van der Waals surface area contributed by atoms with E-state index in [0.717, 1.165) is 0 Å². The Hall–Kier alpha value is -2.38. The maximum Gasteiger partial charge on any atom is 0.335 e. The molecule has 3 nitrogen and oxygen atoms in total. The molecule has 0 aliphatic carbocycles. The molecule has 19 heavy (non-hydrogen) atoms. The number of nitrogens with zero attached hydrogens (tertiary/aromatic N) is 1. The van der Waals surface area contributed by atoms with Crippen LogP contribution in [0.3, 0.4) is 0 Å². The largest absolute Gasteiger partial charge is 0.478 e. The smallest absolute Gasteiger partial charge is 0.335 e. The van der Waals surface area contributed by atoms with Gasteiger partial charge >= 0.3 is 5.97 Å². The summed E-state index contributed by atoms with van der Waals surface area (Å²) in [6.45, 7) is 0. The molecule has 0 aromatic heterocycles. The van der Waals surface area contributed by atoms with Gasteiger partial charge in [0.1, 0.15) is 17.4 Å². The third kappa shape index (κ3) is 2.42. The van der Waals surface area contributed by atoms with E-state index in [0.29, 0.717) is 5.56 Å². The van der Waals surface area contributed by atoms with Crippen molar-refractivity contribution in [2.24, 2.45) is 0 Å². The minimum absolute atomic E-state index is 0.0471. The molecule has 94 valence electrons. The van der Waals surface area contributed by atoms with Gasteiger partial charge in [-0.3, -0.25) is 0 Å². The van der Waals surface area contributed by atoms with Gasteiger partial charge in [0.15, 0.2) is 0 Å². The molecule has 0 aliphatic rings. The first-order valence-corrected chi connectivity index (χ1v) is 5.64. The molecule has 0 atom stereocenters. The Morgan fingerprint density at radius 1 is 1.21 bits per heavy atom. The summed E-state index contributed by atoms with van der Waals surface area (Å²) in [4.78, 5) is 10.7. The van der Waals surface area contributed by atoms with Gasteiger partial charge in [0.05, 0.1) is 10.6 Å². The standard InChI is InChI=1S/C14H7ClFNO2/c15-12-6-5-10(13(16)11(12)7-17)8-1-3-9(4-2-8)14(18)19/h1-6H,(H,18,19). The Morgan fingerprint density at radius 3 is 2.37 bits per heavy atom. The summed E-state index contributed by atoms with van der Waals surface area (Å²) in [6.07, 6.45) is 0. The van der Waals surface area contributed by atoms with Gasteiger partial charge in [-0.15, -0.1) is 0 Å². The number of carboxylic acids is 1. The number of hydrogen-bond donors (Lipinski definition) is 1. The van der Waals surface area contributed by atoms with Crippen LogP contribution < -0.4 is 0 Å². The lowest BCUT2D eigenvalue weighted by molar-refractivity contribution is 0.0697. The molecule has 0 heterocycles. The molecule has 0 fully saturated rings. The van der Waals surface area contributed by atoms with E-state index in [1.165, 1.54) is 36.4 Å². The summed E-state index contributed by atoms with van der Waals surface area (Å²) in [5, 5.41) is 17.7. The second kappa shape index (κ2) is 5.09. The predicted molar refractivity (Wildman–Crippen MR) is 68.5 cm³/mol. The monoisotopic (exact) mass is 275 g/mol. The van der Waals surface area contributed by atoms with Crippen LogP contribution in [0.5, 0.6) is 0 Å². The lowest BCUT2D eigenvalue weighted by atomic mass is 10.0. The second-order valence-corrected chi connectivity index (χ2v) is 4.19. The second-order valence-electron chi connectivity index (χ2n) is 3.78. The zero-order valence-corrected chi connectivity index (χ0v) is 10.3. The molecular formula is C14H7ClFNO2. The Labute approximate surface area is 113 Å². The first-order chi connectivity index (χ1) is 9.04. The lowest BCUT2D eigenvalue weighted by Crippen LogP contribution is -1.96. The number of aromatic carboxylic acids is 1. The van der Waals surface area contributed by atoms with Gasteiger partial charge in [-0.05, 0) is 29.8 Å². The SMILES string of the molecule is N#Cc1c(Cl)ccc(-c2ccc(C(=O)O)cc2)c1F. The molecule has 0 amide bonds. The summed E-state index contributed by atoms with van der Waals surface area (Å²) in [6, 6.07) is 10.3. The molecule has 2 aromatic carbocycles. The van der Waals surface area contributed by atoms with E-state index in [-0.39, 0.29) is 21.7 Å². The van der Waals surface area contributed by atoms with E-state index in [1.54, 1.807) is 6.07 Å². The van der Waals surface area contributed by atoms with E-state index >= 15 is 0 Å². The maximum absolute atomic E-state index is 14.1. The van der Waals surface area contributed by atoms with Crippen molar-refractivity contribution in [3.8, 4) is 17.2 Å². The van der Waals surface area contributed by atoms with Gasteiger partial charge in [-0.1, -0.05) is 23.7 Å². The fraction of sp³-hybridized carbons (Fsp3) is 0. The molecule has 1 N–H and O–H groups in total.